The van der Waals surface area contributed by atoms with Gasteiger partial charge in [0.1, 0.15) is 0 Å². The molecule has 0 bridgehead atoms. The van der Waals surface area contributed by atoms with Gasteiger partial charge in [-0.15, -0.1) is 0 Å². The van der Waals surface area contributed by atoms with Gasteiger partial charge in [0.25, 0.3) is 11.8 Å². The zero-order valence-corrected chi connectivity index (χ0v) is 15.1. The molecule has 0 saturated carbocycles. The summed E-state index contributed by atoms with van der Waals surface area (Å²) < 4.78 is 0. The number of nitrogens with zero attached hydrogens (tertiary/aromatic N) is 2. The lowest BCUT2D eigenvalue weighted by molar-refractivity contribution is -0.123. The van der Waals surface area contributed by atoms with Crippen LogP contribution in [0.25, 0.3) is 0 Å². The summed E-state index contributed by atoms with van der Waals surface area (Å²) in [6.45, 7) is 12.7. The predicted molar refractivity (Wildman–Crippen MR) is 87.7 cm³/mol. The normalized spacial score (nSPS) is 19.8. The van der Waals surface area contributed by atoms with Gasteiger partial charge < -0.3 is 9.80 Å². The van der Waals surface area contributed by atoms with Crippen molar-refractivity contribution in [3.63, 3.8) is 0 Å². The molecule has 2 aliphatic heterocycles. The topological polar surface area (TPSA) is 40.6 Å². The summed E-state index contributed by atoms with van der Waals surface area (Å²) >= 11 is 0. The Morgan fingerprint density at radius 1 is 0.682 bits per heavy atom. The summed E-state index contributed by atoms with van der Waals surface area (Å²) in [7, 11) is 3.56. The lowest BCUT2D eigenvalue weighted by Gasteiger charge is -2.26. The van der Waals surface area contributed by atoms with Gasteiger partial charge in [0.2, 0.25) is 0 Å². The Balaban J connectivity index is 2.58. The first-order chi connectivity index (χ1) is 9.83. The van der Waals surface area contributed by atoms with Gasteiger partial charge in [-0.2, -0.15) is 0 Å². The third-order valence-electron chi connectivity index (χ3n) is 4.07. The highest BCUT2D eigenvalue weighted by atomic mass is 16.2. The highest BCUT2D eigenvalue weighted by molar-refractivity contribution is 6.19. The molecule has 0 spiro atoms. The molecule has 4 nitrogen and oxygen atoms in total. The molecular weight excluding hydrogens is 276 g/mol. The van der Waals surface area contributed by atoms with E-state index >= 15 is 0 Å². The Bertz CT molecular complexity index is 544. The van der Waals surface area contributed by atoms with Gasteiger partial charge in [-0.05, 0) is 23.7 Å². The first-order valence-corrected chi connectivity index (χ1v) is 7.86. The fourth-order valence-electron chi connectivity index (χ4n) is 3.08. The third-order valence-corrected chi connectivity index (χ3v) is 4.07. The molecule has 0 fully saturated rings. The number of allylic oxidation sites excluding steroid dienone is 2. The Morgan fingerprint density at radius 2 is 0.955 bits per heavy atom. The number of hydrogen-bond donors (Lipinski definition) is 0. The van der Waals surface area contributed by atoms with Gasteiger partial charge in [-0.25, -0.2) is 0 Å². The molecular formula is C18H28N2O2. The zero-order chi connectivity index (χ0) is 17.0. The van der Waals surface area contributed by atoms with E-state index in [4.69, 9.17) is 0 Å². The number of likely N-dealkylation sites (N-methyl/N-ethyl adjacent to an activating group) is 2. The molecule has 2 rings (SSSR count). The van der Waals surface area contributed by atoms with E-state index in [-0.39, 0.29) is 22.6 Å². The van der Waals surface area contributed by atoms with Gasteiger partial charge in [-0.3, -0.25) is 9.59 Å². The molecule has 0 radical (unpaired) electrons. The van der Waals surface area contributed by atoms with Crippen LogP contribution >= 0.6 is 0 Å². The molecule has 0 aliphatic carbocycles. The number of carbonyl (C=O) groups excluding carboxylic acids is 2. The third kappa shape index (κ3) is 2.83. The lowest BCUT2D eigenvalue weighted by atomic mass is 9.87. The summed E-state index contributed by atoms with van der Waals surface area (Å²) in [5.41, 5.74) is 3.05. The number of carbonyl (C=O) groups is 2. The summed E-state index contributed by atoms with van der Waals surface area (Å²) in [4.78, 5) is 28.8. The summed E-state index contributed by atoms with van der Waals surface area (Å²) in [5, 5.41) is 0. The largest absolute Gasteiger partial charge is 0.314 e. The van der Waals surface area contributed by atoms with Crippen LogP contribution in [0, 0.1) is 10.8 Å². The van der Waals surface area contributed by atoms with Crippen LogP contribution in [0.5, 0.6) is 0 Å². The van der Waals surface area contributed by atoms with Crippen LogP contribution in [0.2, 0.25) is 0 Å². The molecule has 122 valence electrons. The van der Waals surface area contributed by atoms with E-state index in [2.05, 4.69) is 41.5 Å². The van der Waals surface area contributed by atoms with Gasteiger partial charge in [-0.1, -0.05) is 41.5 Å². The molecule has 0 saturated heterocycles. The van der Waals surface area contributed by atoms with Crippen molar-refractivity contribution in [2.45, 2.75) is 54.4 Å². The summed E-state index contributed by atoms with van der Waals surface area (Å²) in [6.07, 6.45) is 1.44. The molecule has 0 aromatic heterocycles. The van der Waals surface area contributed by atoms with Crippen LogP contribution in [0.3, 0.4) is 0 Å². The minimum Gasteiger partial charge on any atom is -0.314 e. The van der Waals surface area contributed by atoms with Gasteiger partial charge in [0.15, 0.2) is 0 Å². The van der Waals surface area contributed by atoms with E-state index in [1.807, 2.05) is 0 Å². The standard InChI is InChI=1S/C18H28N2O2/c1-17(2,3)9-11-13-14(16(22)19(11)7)12(10-18(4,5)6)20(8)15(13)21/h9-10H2,1-8H3. The van der Waals surface area contributed by atoms with E-state index in [1.165, 1.54) is 0 Å². The SMILES string of the molecule is CN1C(=O)C2=C(CC(C)(C)C)N(C)C(=O)C2=C1CC(C)(C)C. The molecule has 2 amide bonds. The number of hydrogen-bond acceptors (Lipinski definition) is 2. The van der Waals surface area contributed by atoms with E-state index in [0.29, 0.717) is 11.1 Å². The molecule has 0 N–H and O–H groups in total. The molecule has 22 heavy (non-hydrogen) atoms. The molecule has 0 unspecified atom stereocenters. The fraction of sp³-hybridized carbons (Fsp3) is 0.667. The van der Waals surface area contributed by atoms with E-state index in [9.17, 15) is 9.59 Å². The molecule has 0 aromatic carbocycles. The second-order valence-corrected chi connectivity index (χ2v) is 8.85. The molecule has 2 aliphatic rings. The Labute approximate surface area is 133 Å². The molecule has 0 aromatic rings. The van der Waals surface area contributed by atoms with Crippen LogP contribution in [-0.4, -0.2) is 35.7 Å². The van der Waals surface area contributed by atoms with Crippen molar-refractivity contribution in [1.29, 1.82) is 0 Å². The van der Waals surface area contributed by atoms with Gasteiger partial charge in [0.05, 0.1) is 11.1 Å². The van der Waals surface area contributed by atoms with Crippen molar-refractivity contribution in [2.75, 3.05) is 14.1 Å². The number of rotatable bonds is 2. The van der Waals surface area contributed by atoms with Crippen molar-refractivity contribution >= 4 is 11.8 Å². The van der Waals surface area contributed by atoms with Crippen molar-refractivity contribution in [2.24, 2.45) is 10.8 Å². The van der Waals surface area contributed by atoms with Crippen LogP contribution in [0.4, 0.5) is 0 Å². The average Bonchev–Trinajstić information content (AvgIpc) is 2.69. The summed E-state index contributed by atoms with van der Waals surface area (Å²) in [6, 6.07) is 0. The first kappa shape index (κ1) is 16.8. The maximum atomic E-state index is 12.7. The fourth-order valence-corrected chi connectivity index (χ4v) is 3.08. The number of fused-ring (bicyclic) bond motifs is 1. The van der Waals surface area contributed by atoms with Crippen molar-refractivity contribution < 1.29 is 9.59 Å². The predicted octanol–water partition coefficient (Wildman–Crippen LogP) is 3.31. The second kappa shape index (κ2) is 4.97. The Kier molecular flexibility index (Phi) is 3.79. The maximum Gasteiger partial charge on any atom is 0.260 e. The number of amides is 2. The summed E-state index contributed by atoms with van der Waals surface area (Å²) in [5.74, 6) is -0.0719. The van der Waals surface area contributed by atoms with Crippen molar-refractivity contribution in [1.82, 2.24) is 9.80 Å². The van der Waals surface area contributed by atoms with Gasteiger partial charge in [0, 0.05) is 25.5 Å². The van der Waals surface area contributed by atoms with E-state index < -0.39 is 0 Å². The van der Waals surface area contributed by atoms with Gasteiger partial charge >= 0.3 is 0 Å². The Morgan fingerprint density at radius 3 is 1.18 bits per heavy atom. The smallest absolute Gasteiger partial charge is 0.260 e. The minimum absolute atomic E-state index is 0.0257. The molecule has 4 heteroatoms. The Hall–Kier alpha value is -1.58. The van der Waals surface area contributed by atoms with Crippen LogP contribution in [-0.2, 0) is 9.59 Å². The highest BCUT2D eigenvalue weighted by Crippen LogP contribution is 2.44. The quantitative estimate of drug-likeness (QED) is 0.785. The lowest BCUT2D eigenvalue weighted by Crippen LogP contribution is -2.29. The first-order valence-electron chi connectivity index (χ1n) is 7.86. The van der Waals surface area contributed by atoms with Crippen molar-refractivity contribution in [3.05, 3.63) is 22.5 Å². The van der Waals surface area contributed by atoms with Crippen LogP contribution in [0.1, 0.15) is 54.4 Å². The molecule has 0 atom stereocenters. The monoisotopic (exact) mass is 304 g/mol. The second-order valence-electron chi connectivity index (χ2n) is 8.85. The highest BCUT2D eigenvalue weighted by Gasteiger charge is 2.46. The van der Waals surface area contributed by atoms with E-state index in [1.54, 1.807) is 23.9 Å². The average molecular weight is 304 g/mol. The van der Waals surface area contributed by atoms with Crippen LogP contribution < -0.4 is 0 Å². The van der Waals surface area contributed by atoms with E-state index in [0.717, 1.165) is 24.2 Å². The molecule has 2 heterocycles. The maximum absolute atomic E-state index is 12.7. The van der Waals surface area contributed by atoms with Crippen molar-refractivity contribution in [3.8, 4) is 0 Å². The van der Waals surface area contributed by atoms with Crippen LogP contribution in [0.15, 0.2) is 22.5 Å². The minimum atomic E-state index is -0.0359. The zero-order valence-electron chi connectivity index (χ0n) is 15.1.